The summed E-state index contributed by atoms with van der Waals surface area (Å²) in [5.41, 5.74) is 6.19. The van der Waals surface area contributed by atoms with Gasteiger partial charge in [0, 0.05) is 13.0 Å². The second-order valence-corrected chi connectivity index (χ2v) is 4.52. The molecular weight excluding hydrogens is 292 g/mol. The summed E-state index contributed by atoms with van der Waals surface area (Å²) in [5.74, 6) is 0.694. The number of nitrogens with two attached hydrogens (primary N) is 1. The van der Waals surface area contributed by atoms with Crippen molar-refractivity contribution >= 4 is 23.1 Å². The van der Waals surface area contributed by atoms with Crippen molar-refractivity contribution in [3.8, 4) is 5.75 Å². The van der Waals surface area contributed by atoms with Gasteiger partial charge in [0.1, 0.15) is 10.7 Å². The first-order chi connectivity index (χ1) is 10.2. The van der Waals surface area contributed by atoms with Crippen molar-refractivity contribution in [2.24, 2.45) is 5.73 Å². The molecule has 21 heavy (non-hydrogen) atoms. The molecule has 0 spiro atoms. The van der Waals surface area contributed by atoms with Crippen LogP contribution in [-0.2, 0) is 11.2 Å². The number of rotatable bonds is 7. The molecule has 110 valence electrons. The average molecular weight is 306 g/mol. The lowest BCUT2D eigenvalue weighted by Crippen LogP contribution is -2.31. The van der Waals surface area contributed by atoms with Crippen molar-refractivity contribution in [2.75, 3.05) is 13.2 Å². The molecule has 0 fully saturated rings. The molecule has 1 amide bonds. The molecule has 2 aromatic rings. The predicted octanol–water partition coefficient (Wildman–Crippen LogP) is 0.441. The molecular formula is C13H14N4O3S. The topological polar surface area (TPSA) is 103 Å². The van der Waals surface area contributed by atoms with E-state index in [1.54, 1.807) is 24.3 Å². The summed E-state index contributed by atoms with van der Waals surface area (Å²) in [5, 5.41) is 6.16. The van der Waals surface area contributed by atoms with Crippen molar-refractivity contribution in [1.29, 1.82) is 0 Å². The van der Waals surface area contributed by atoms with Crippen LogP contribution in [-0.4, -0.2) is 34.2 Å². The van der Waals surface area contributed by atoms with Gasteiger partial charge in [-0.05, 0) is 12.1 Å². The summed E-state index contributed by atoms with van der Waals surface area (Å²) in [4.78, 5) is 15.7. The Kier molecular flexibility index (Phi) is 5.22. The van der Waals surface area contributed by atoms with Crippen LogP contribution in [0.2, 0.25) is 0 Å². The van der Waals surface area contributed by atoms with Gasteiger partial charge in [-0.2, -0.15) is 4.98 Å². The zero-order valence-electron chi connectivity index (χ0n) is 11.1. The Bertz CT molecular complexity index is 616. The first-order valence-electron chi connectivity index (χ1n) is 6.20. The van der Waals surface area contributed by atoms with Gasteiger partial charge in [0.05, 0.1) is 5.56 Å². The monoisotopic (exact) mass is 306 g/mol. The highest BCUT2D eigenvalue weighted by Gasteiger charge is 2.08. The predicted molar refractivity (Wildman–Crippen MR) is 78.8 cm³/mol. The number of hydrogen-bond donors (Lipinski definition) is 2. The molecule has 0 aliphatic rings. The van der Waals surface area contributed by atoms with Crippen LogP contribution in [0.1, 0.15) is 11.5 Å². The van der Waals surface area contributed by atoms with E-state index in [1.165, 1.54) is 6.33 Å². The summed E-state index contributed by atoms with van der Waals surface area (Å²) in [7, 11) is 0. The van der Waals surface area contributed by atoms with E-state index in [0.717, 1.165) is 0 Å². The summed E-state index contributed by atoms with van der Waals surface area (Å²) in [6, 6.07) is 7.03. The third-order valence-electron chi connectivity index (χ3n) is 2.58. The summed E-state index contributed by atoms with van der Waals surface area (Å²) in [6.07, 6.45) is 1.78. The molecule has 0 aliphatic carbocycles. The van der Waals surface area contributed by atoms with Crippen molar-refractivity contribution in [3.63, 3.8) is 0 Å². The smallest absolute Gasteiger partial charge is 0.257 e. The summed E-state index contributed by atoms with van der Waals surface area (Å²) < 4.78 is 10.2. The molecule has 0 radical (unpaired) electrons. The second kappa shape index (κ2) is 7.34. The SMILES string of the molecule is NC(=S)c1ccccc1OCC(=O)NCCc1ncno1. The Morgan fingerprint density at radius 3 is 2.95 bits per heavy atom. The number of nitrogens with zero attached hydrogens (tertiary/aromatic N) is 2. The van der Waals surface area contributed by atoms with Crippen LogP contribution < -0.4 is 15.8 Å². The summed E-state index contributed by atoms with van der Waals surface area (Å²) in [6.45, 7) is 0.269. The molecule has 8 heteroatoms. The molecule has 3 N–H and O–H groups in total. The van der Waals surface area contributed by atoms with Crippen LogP contribution in [0, 0.1) is 0 Å². The van der Waals surface area contributed by atoms with E-state index in [9.17, 15) is 4.79 Å². The second-order valence-electron chi connectivity index (χ2n) is 4.08. The number of nitrogens with one attached hydrogen (secondary N) is 1. The minimum atomic E-state index is -0.257. The number of hydrogen-bond acceptors (Lipinski definition) is 6. The average Bonchev–Trinajstić information content (AvgIpc) is 2.98. The number of benzene rings is 1. The third kappa shape index (κ3) is 4.53. The Morgan fingerprint density at radius 1 is 1.43 bits per heavy atom. The molecule has 0 aliphatic heterocycles. The van der Waals surface area contributed by atoms with Gasteiger partial charge in [0.25, 0.3) is 5.91 Å². The third-order valence-corrected chi connectivity index (χ3v) is 2.80. The highest BCUT2D eigenvalue weighted by Crippen LogP contribution is 2.17. The first-order valence-corrected chi connectivity index (χ1v) is 6.61. The first kappa shape index (κ1) is 14.9. The number of para-hydroxylation sites is 1. The number of ether oxygens (including phenoxy) is 1. The lowest BCUT2D eigenvalue weighted by Gasteiger charge is -2.10. The fraction of sp³-hybridized carbons (Fsp3) is 0.231. The molecule has 7 nitrogen and oxygen atoms in total. The van der Waals surface area contributed by atoms with Crippen molar-refractivity contribution < 1.29 is 14.1 Å². The van der Waals surface area contributed by atoms with Crippen molar-refractivity contribution in [1.82, 2.24) is 15.5 Å². The molecule has 1 heterocycles. The molecule has 0 saturated carbocycles. The van der Waals surface area contributed by atoms with Gasteiger partial charge in [-0.1, -0.05) is 29.5 Å². The van der Waals surface area contributed by atoms with Crippen LogP contribution >= 0.6 is 12.2 Å². The Hall–Kier alpha value is -2.48. The Labute approximate surface area is 126 Å². The van der Waals surface area contributed by atoms with E-state index in [2.05, 4.69) is 15.5 Å². The van der Waals surface area contributed by atoms with Crippen LogP contribution in [0.5, 0.6) is 5.75 Å². The number of aromatic nitrogens is 2. The number of carbonyl (C=O) groups is 1. The van der Waals surface area contributed by atoms with Gasteiger partial charge in [-0.15, -0.1) is 0 Å². The lowest BCUT2D eigenvalue weighted by atomic mass is 10.2. The maximum atomic E-state index is 11.7. The number of amides is 1. The minimum Gasteiger partial charge on any atom is -0.483 e. The van der Waals surface area contributed by atoms with E-state index >= 15 is 0 Å². The standard InChI is InChI=1S/C13H14N4O3S/c14-13(21)9-3-1-2-4-10(9)19-7-11(18)15-6-5-12-16-8-17-20-12/h1-4,8H,5-7H2,(H2,14,21)(H,15,18). The van der Waals surface area contributed by atoms with Gasteiger partial charge in [-0.3, -0.25) is 4.79 Å². The zero-order valence-corrected chi connectivity index (χ0v) is 11.9. The maximum absolute atomic E-state index is 11.7. The van der Waals surface area contributed by atoms with E-state index in [4.69, 9.17) is 27.2 Å². The number of carbonyl (C=O) groups excluding carboxylic acids is 1. The van der Waals surface area contributed by atoms with Gasteiger partial charge in [0.15, 0.2) is 12.9 Å². The van der Waals surface area contributed by atoms with Crippen molar-refractivity contribution in [3.05, 3.63) is 42.0 Å². The van der Waals surface area contributed by atoms with Gasteiger partial charge >= 0.3 is 0 Å². The molecule has 2 rings (SSSR count). The van der Waals surface area contributed by atoms with Crippen LogP contribution in [0.25, 0.3) is 0 Å². The summed E-state index contributed by atoms with van der Waals surface area (Å²) >= 11 is 4.92. The zero-order chi connectivity index (χ0) is 15.1. The maximum Gasteiger partial charge on any atom is 0.257 e. The van der Waals surface area contributed by atoms with Gasteiger partial charge < -0.3 is 20.3 Å². The minimum absolute atomic E-state index is 0.122. The molecule has 0 bridgehead atoms. The quantitative estimate of drug-likeness (QED) is 0.715. The molecule has 1 aromatic heterocycles. The molecule has 0 unspecified atom stereocenters. The number of thiocarbonyl (C=S) groups is 1. The fourth-order valence-corrected chi connectivity index (χ4v) is 1.77. The molecule has 0 atom stereocenters. The van der Waals surface area contributed by atoms with E-state index in [1.807, 2.05) is 0 Å². The fourth-order valence-electron chi connectivity index (χ4n) is 1.61. The van der Waals surface area contributed by atoms with Gasteiger partial charge in [-0.25, -0.2) is 0 Å². The molecule has 0 saturated heterocycles. The van der Waals surface area contributed by atoms with Crippen LogP contribution in [0.4, 0.5) is 0 Å². The molecule has 1 aromatic carbocycles. The van der Waals surface area contributed by atoms with Crippen LogP contribution in [0.15, 0.2) is 35.1 Å². The largest absolute Gasteiger partial charge is 0.483 e. The lowest BCUT2D eigenvalue weighted by molar-refractivity contribution is -0.123. The van der Waals surface area contributed by atoms with E-state index in [0.29, 0.717) is 30.2 Å². The normalized spacial score (nSPS) is 10.1. The Morgan fingerprint density at radius 2 is 2.24 bits per heavy atom. The highest BCUT2D eigenvalue weighted by molar-refractivity contribution is 7.80. The van der Waals surface area contributed by atoms with E-state index in [-0.39, 0.29) is 17.5 Å². The van der Waals surface area contributed by atoms with E-state index < -0.39 is 0 Å². The van der Waals surface area contributed by atoms with Gasteiger partial charge in [0.2, 0.25) is 5.89 Å². The highest BCUT2D eigenvalue weighted by atomic mass is 32.1. The Balaban J connectivity index is 1.77. The van der Waals surface area contributed by atoms with Crippen molar-refractivity contribution in [2.45, 2.75) is 6.42 Å². The van der Waals surface area contributed by atoms with Crippen LogP contribution in [0.3, 0.4) is 0 Å².